The van der Waals surface area contributed by atoms with Gasteiger partial charge in [-0.15, -0.1) is 5.10 Å². The molecule has 0 bridgehead atoms. The van der Waals surface area contributed by atoms with Crippen molar-refractivity contribution in [3.63, 3.8) is 0 Å². The molecule has 0 atom stereocenters. The van der Waals surface area contributed by atoms with Gasteiger partial charge in [-0.1, -0.05) is 64.5 Å². The van der Waals surface area contributed by atoms with Crippen molar-refractivity contribution in [2.45, 2.75) is 0 Å². The Kier molecular flexibility index (Phi) is 5.58. The van der Waals surface area contributed by atoms with Crippen molar-refractivity contribution in [1.29, 1.82) is 5.26 Å². The van der Waals surface area contributed by atoms with Gasteiger partial charge in [-0.3, -0.25) is 4.79 Å². The van der Waals surface area contributed by atoms with E-state index in [1.807, 2.05) is 60.7 Å². The summed E-state index contributed by atoms with van der Waals surface area (Å²) in [5.41, 5.74) is 8.33. The first kappa shape index (κ1) is 21.4. The quantitative estimate of drug-likeness (QED) is 0.297. The first-order chi connectivity index (χ1) is 16.6. The van der Waals surface area contributed by atoms with Crippen molar-refractivity contribution >= 4 is 32.4 Å². The van der Waals surface area contributed by atoms with Gasteiger partial charge in [-0.25, -0.2) is 0 Å². The number of nitriles is 1. The molecule has 0 spiro atoms. The highest BCUT2D eigenvalue weighted by atomic mass is 79.9. The van der Waals surface area contributed by atoms with Gasteiger partial charge in [0, 0.05) is 10.0 Å². The number of rotatable bonds is 4. The number of hydrogen-bond donors (Lipinski definition) is 1. The minimum Gasteiger partial charge on any atom is -0.437 e. The number of nitrogen functional groups attached to an aromatic ring is 1. The van der Waals surface area contributed by atoms with E-state index in [2.05, 4.69) is 27.1 Å². The van der Waals surface area contributed by atoms with Crippen molar-refractivity contribution in [3.8, 4) is 34.5 Å². The molecule has 5 aromatic rings. The second-order valence-electron chi connectivity index (χ2n) is 7.53. The fourth-order valence-corrected chi connectivity index (χ4v) is 4.06. The van der Waals surface area contributed by atoms with Gasteiger partial charge >= 0.3 is 0 Å². The molecule has 0 saturated heterocycles. The molecule has 6 nitrogen and oxygen atoms in total. The summed E-state index contributed by atoms with van der Waals surface area (Å²) < 4.78 is 8.30. The van der Waals surface area contributed by atoms with Crippen molar-refractivity contribution in [2.24, 2.45) is 0 Å². The highest BCUT2D eigenvalue weighted by molar-refractivity contribution is 9.10. The molecular formula is C27H17BrN4O2. The molecule has 7 heteroatoms. The Bertz CT molecular complexity index is 1610. The van der Waals surface area contributed by atoms with Crippen LogP contribution in [0.5, 0.6) is 11.6 Å². The van der Waals surface area contributed by atoms with Crippen LogP contribution in [0.3, 0.4) is 0 Å². The standard InChI is InChI=1S/C27H17BrN4O2/c28-18-11-13-20(14-12-18)34-26-22-15-21(17-7-3-1-4-8-17)23(16-29)25(30)24(22)27(33)32(31-26)19-9-5-2-6-10-19/h1-15H,30H2. The molecule has 0 aliphatic carbocycles. The van der Waals surface area contributed by atoms with Crippen LogP contribution >= 0.6 is 15.9 Å². The summed E-state index contributed by atoms with van der Waals surface area (Å²) >= 11 is 3.42. The van der Waals surface area contributed by atoms with Crippen LogP contribution in [-0.4, -0.2) is 9.78 Å². The molecule has 2 N–H and O–H groups in total. The van der Waals surface area contributed by atoms with E-state index >= 15 is 0 Å². The number of ether oxygens (including phenoxy) is 1. The lowest BCUT2D eigenvalue weighted by Gasteiger charge is -2.16. The molecule has 0 saturated carbocycles. The molecule has 0 aliphatic heterocycles. The average Bonchev–Trinajstić information content (AvgIpc) is 2.87. The van der Waals surface area contributed by atoms with Gasteiger partial charge in [-0.2, -0.15) is 9.94 Å². The molecule has 164 valence electrons. The van der Waals surface area contributed by atoms with Crippen LogP contribution in [0.15, 0.2) is 100 Å². The van der Waals surface area contributed by atoms with Gasteiger partial charge < -0.3 is 10.5 Å². The SMILES string of the molecule is N#Cc1c(-c2ccccc2)cc2c(Oc3ccc(Br)cc3)nn(-c3ccccc3)c(=O)c2c1N. The first-order valence-electron chi connectivity index (χ1n) is 10.4. The van der Waals surface area contributed by atoms with E-state index in [1.54, 1.807) is 30.3 Å². The summed E-state index contributed by atoms with van der Waals surface area (Å²) in [5.74, 6) is 0.744. The van der Waals surface area contributed by atoms with Crippen LogP contribution in [0, 0.1) is 11.3 Å². The van der Waals surface area contributed by atoms with Crippen LogP contribution in [0.1, 0.15) is 5.56 Å². The summed E-state index contributed by atoms with van der Waals surface area (Å²) in [7, 11) is 0. The molecule has 34 heavy (non-hydrogen) atoms. The highest BCUT2D eigenvalue weighted by Crippen LogP contribution is 2.37. The molecule has 1 aromatic heterocycles. The number of aromatic nitrogens is 2. The Morgan fingerprint density at radius 3 is 2.24 bits per heavy atom. The monoisotopic (exact) mass is 508 g/mol. The van der Waals surface area contributed by atoms with Gasteiger partial charge in [0.1, 0.15) is 11.8 Å². The molecule has 4 aromatic carbocycles. The molecule has 5 rings (SSSR count). The molecule has 0 amide bonds. The summed E-state index contributed by atoms with van der Waals surface area (Å²) in [5, 5.41) is 15.1. The third-order valence-corrected chi connectivity index (χ3v) is 5.95. The number of benzene rings is 4. The van der Waals surface area contributed by atoms with E-state index in [0.29, 0.717) is 22.4 Å². The minimum atomic E-state index is -0.432. The Hall–Kier alpha value is -4.41. The largest absolute Gasteiger partial charge is 0.437 e. The topological polar surface area (TPSA) is 93.9 Å². The van der Waals surface area contributed by atoms with Crippen LogP contribution in [0.4, 0.5) is 5.69 Å². The van der Waals surface area contributed by atoms with Crippen LogP contribution < -0.4 is 16.0 Å². The zero-order valence-electron chi connectivity index (χ0n) is 17.8. The summed E-state index contributed by atoms with van der Waals surface area (Å²) in [6.07, 6.45) is 0. The van der Waals surface area contributed by atoms with E-state index in [0.717, 1.165) is 10.0 Å². The number of para-hydroxylation sites is 1. The lowest BCUT2D eigenvalue weighted by atomic mass is 9.95. The second-order valence-corrected chi connectivity index (χ2v) is 8.44. The minimum absolute atomic E-state index is 0.0941. The lowest BCUT2D eigenvalue weighted by molar-refractivity contribution is 0.454. The average molecular weight is 509 g/mol. The van der Waals surface area contributed by atoms with Gasteiger partial charge in [-0.05, 0) is 48.0 Å². The van der Waals surface area contributed by atoms with Gasteiger partial charge in [0.2, 0.25) is 5.88 Å². The molecule has 0 unspecified atom stereocenters. The summed E-state index contributed by atoms with van der Waals surface area (Å²) in [6.45, 7) is 0. The van der Waals surface area contributed by atoms with Crippen LogP contribution in [0.2, 0.25) is 0 Å². The fraction of sp³-hybridized carbons (Fsp3) is 0. The number of fused-ring (bicyclic) bond motifs is 1. The maximum atomic E-state index is 13.6. The maximum Gasteiger partial charge on any atom is 0.281 e. The normalized spacial score (nSPS) is 10.7. The number of nitrogens with zero attached hydrogens (tertiary/aromatic N) is 3. The smallest absolute Gasteiger partial charge is 0.281 e. The molecule has 0 aliphatic rings. The Morgan fingerprint density at radius 2 is 1.59 bits per heavy atom. The van der Waals surface area contributed by atoms with E-state index in [-0.39, 0.29) is 22.5 Å². The van der Waals surface area contributed by atoms with Crippen molar-refractivity contribution in [2.75, 3.05) is 5.73 Å². The predicted octanol–water partition coefficient (Wildman–Crippen LogP) is 6.06. The fourth-order valence-electron chi connectivity index (χ4n) is 3.80. The van der Waals surface area contributed by atoms with Crippen LogP contribution in [-0.2, 0) is 0 Å². The third-order valence-electron chi connectivity index (χ3n) is 5.42. The number of anilines is 1. The molecular weight excluding hydrogens is 492 g/mol. The van der Waals surface area contributed by atoms with Gasteiger partial charge in [0.05, 0.1) is 27.7 Å². The first-order valence-corrected chi connectivity index (χ1v) is 11.2. The van der Waals surface area contributed by atoms with Gasteiger partial charge in [0.15, 0.2) is 0 Å². The van der Waals surface area contributed by atoms with Crippen LogP contribution in [0.25, 0.3) is 27.6 Å². The molecule has 1 heterocycles. The molecule has 0 radical (unpaired) electrons. The summed E-state index contributed by atoms with van der Waals surface area (Å²) in [6, 6.07) is 29.6. The van der Waals surface area contributed by atoms with Crippen molar-refractivity contribution in [1.82, 2.24) is 9.78 Å². The maximum absolute atomic E-state index is 13.6. The Balaban J connectivity index is 1.86. The Labute approximate surface area is 203 Å². The second kappa shape index (κ2) is 8.85. The highest BCUT2D eigenvalue weighted by Gasteiger charge is 2.21. The van der Waals surface area contributed by atoms with Gasteiger partial charge in [0.25, 0.3) is 5.56 Å². The number of halogens is 1. The number of hydrogen-bond acceptors (Lipinski definition) is 5. The van der Waals surface area contributed by atoms with Crippen molar-refractivity contribution in [3.05, 3.63) is 111 Å². The summed E-state index contributed by atoms with van der Waals surface area (Å²) in [4.78, 5) is 13.6. The zero-order chi connectivity index (χ0) is 23.7. The van der Waals surface area contributed by atoms with E-state index in [4.69, 9.17) is 10.5 Å². The number of nitrogens with two attached hydrogens (primary N) is 1. The molecule has 0 fully saturated rings. The van der Waals surface area contributed by atoms with E-state index in [9.17, 15) is 10.1 Å². The lowest BCUT2D eigenvalue weighted by Crippen LogP contribution is -2.23. The van der Waals surface area contributed by atoms with E-state index in [1.165, 1.54) is 4.68 Å². The third kappa shape index (κ3) is 3.81. The van der Waals surface area contributed by atoms with E-state index < -0.39 is 5.56 Å². The van der Waals surface area contributed by atoms with Crippen molar-refractivity contribution < 1.29 is 4.74 Å². The zero-order valence-corrected chi connectivity index (χ0v) is 19.4. The predicted molar refractivity (Wildman–Crippen MR) is 136 cm³/mol. The Morgan fingerprint density at radius 1 is 0.941 bits per heavy atom.